The number of rotatable bonds is 3. The van der Waals surface area contributed by atoms with Gasteiger partial charge < -0.3 is 9.64 Å². The van der Waals surface area contributed by atoms with E-state index in [9.17, 15) is 4.79 Å². The molecule has 0 bridgehead atoms. The zero-order valence-corrected chi connectivity index (χ0v) is 12.3. The summed E-state index contributed by atoms with van der Waals surface area (Å²) in [5.74, 6) is 0.117. The number of carbonyl (C=O) groups excluding carboxylic acids is 1. The molecule has 0 spiro atoms. The molecule has 3 rings (SSSR count). The average Bonchev–Trinajstić information content (AvgIpc) is 2.98. The van der Waals surface area contributed by atoms with Crippen molar-refractivity contribution in [3.05, 3.63) is 34.9 Å². The average molecular weight is 295 g/mol. The lowest BCUT2D eigenvalue weighted by atomic mass is 10.0. The van der Waals surface area contributed by atoms with E-state index in [0.717, 1.165) is 25.0 Å². The van der Waals surface area contributed by atoms with Crippen LogP contribution in [0.4, 0.5) is 0 Å². The van der Waals surface area contributed by atoms with Crippen molar-refractivity contribution in [1.29, 1.82) is 0 Å². The minimum atomic E-state index is -0.224. The number of ether oxygens (including phenoxy) is 1. The van der Waals surface area contributed by atoms with E-state index < -0.39 is 0 Å². The Balaban J connectivity index is 1.81. The lowest BCUT2D eigenvalue weighted by Crippen LogP contribution is -2.43. The number of carbonyl (C=O) groups is 1. The summed E-state index contributed by atoms with van der Waals surface area (Å²) in [6.07, 6.45) is 1.95. The van der Waals surface area contributed by atoms with Gasteiger partial charge in [-0.25, -0.2) is 0 Å². The third-order valence-corrected chi connectivity index (χ3v) is 4.28. The SMILES string of the molecule is CC1(CN2C(=O)CNC2c2cccc(Cl)c2)CCCO1. The fourth-order valence-corrected chi connectivity index (χ4v) is 3.21. The summed E-state index contributed by atoms with van der Waals surface area (Å²) in [4.78, 5) is 14.0. The minimum Gasteiger partial charge on any atom is -0.373 e. The van der Waals surface area contributed by atoms with Gasteiger partial charge in [-0.3, -0.25) is 10.1 Å². The Kier molecular flexibility index (Phi) is 3.71. The molecule has 108 valence electrons. The van der Waals surface area contributed by atoms with E-state index in [-0.39, 0.29) is 17.7 Å². The van der Waals surface area contributed by atoms with E-state index in [1.165, 1.54) is 0 Å². The maximum atomic E-state index is 12.1. The first-order valence-electron chi connectivity index (χ1n) is 7.00. The Hall–Kier alpha value is -1.10. The van der Waals surface area contributed by atoms with Gasteiger partial charge in [-0.15, -0.1) is 0 Å². The molecule has 2 aliphatic heterocycles. The largest absolute Gasteiger partial charge is 0.373 e. The molecule has 1 amide bonds. The lowest BCUT2D eigenvalue weighted by molar-refractivity contribution is -0.131. The maximum Gasteiger partial charge on any atom is 0.238 e. The Morgan fingerprint density at radius 2 is 2.40 bits per heavy atom. The summed E-state index contributed by atoms with van der Waals surface area (Å²) < 4.78 is 5.81. The fourth-order valence-electron chi connectivity index (χ4n) is 3.02. The van der Waals surface area contributed by atoms with Crippen molar-refractivity contribution in [1.82, 2.24) is 10.2 Å². The van der Waals surface area contributed by atoms with Gasteiger partial charge in [0.2, 0.25) is 5.91 Å². The van der Waals surface area contributed by atoms with E-state index in [2.05, 4.69) is 12.2 Å². The Labute approximate surface area is 124 Å². The molecule has 1 aromatic carbocycles. The van der Waals surface area contributed by atoms with Crippen molar-refractivity contribution >= 4 is 17.5 Å². The van der Waals surface area contributed by atoms with Crippen LogP contribution in [0.1, 0.15) is 31.5 Å². The van der Waals surface area contributed by atoms with Crippen LogP contribution < -0.4 is 5.32 Å². The van der Waals surface area contributed by atoms with Gasteiger partial charge in [0.05, 0.1) is 18.7 Å². The second kappa shape index (κ2) is 5.35. The first-order valence-corrected chi connectivity index (χ1v) is 7.37. The number of nitrogens with one attached hydrogen (secondary N) is 1. The molecule has 2 unspecified atom stereocenters. The fraction of sp³-hybridized carbons (Fsp3) is 0.533. The Morgan fingerprint density at radius 1 is 1.55 bits per heavy atom. The normalized spacial score (nSPS) is 30.2. The van der Waals surface area contributed by atoms with Gasteiger partial charge in [0.25, 0.3) is 0 Å². The number of benzene rings is 1. The van der Waals surface area contributed by atoms with Crippen LogP contribution in [0.5, 0.6) is 0 Å². The van der Waals surface area contributed by atoms with Gasteiger partial charge in [0.15, 0.2) is 0 Å². The molecule has 0 radical (unpaired) electrons. The van der Waals surface area contributed by atoms with Crippen LogP contribution in [-0.2, 0) is 9.53 Å². The highest BCUT2D eigenvalue weighted by Crippen LogP contribution is 2.31. The van der Waals surface area contributed by atoms with Gasteiger partial charge >= 0.3 is 0 Å². The molecule has 1 N–H and O–H groups in total. The minimum absolute atomic E-state index is 0.109. The van der Waals surface area contributed by atoms with Crippen molar-refractivity contribution in [2.45, 2.75) is 31.5 Å². The number of nitrogens with zero attached hydrogens (tertiary/aromatic N) is 1. The molecule has 0 aliphatic carbocycles. The van der Waals surface area contributed by atoms with Gasteiger partial charge in [-0.2, -0.15) is 0 Å². The molecule has 0 saturated carbocycles. The van der Waals surface area contributed by atoms with Crippen LogP contribution in [0, 0.1) is 0 Å². The quantitative estimate of drug-likeness (QED) is 0.930. The monoisotopic (exact) mass is 294 g/mol. The van der Waals surface area contributed by atoms with Gasteiger partial charge in [0.1, 0.15) is 6.17 Å². The Bertz CT molecular complexity index is 514. The predicted molar refractivity (Wildman–Crippen MR) is 77.5 cm³/mol. The van der Waals surface area contributed by atoms with Crippen LogP contribution in [0.3, 0.4) is 0 Å². The zero-order chi connectivity index (χ0) is 14.2. The molecular formula is C15H19ClN2O2. The van der Waals surface area contributed by atoms with E-state index in [0.29, 0.717) is 18.1 Å². The van der Waals surface area contributed by atoms with E-state index >= 15 is 0 Å². The van der Waals surface area contributed by atoms with Crippen molar-refractivity contribution in [2.75, 3.05) is 19.7 Å². The Morgan fingerprint density at radius 3 is 3.10 bits per heavy atom. The summed E-state index contributed by atoms with van der Waals surface area (Å²) >= 11 is 6.05. The molecule has 20 heavy (non-hydrogen) atoms. The summed E-state index contributed by atoms with van der Waals surface area (Å²) in [6, 6.07) is 7.65. The summed E-state index contributed by atoms with van der Waals surface area (Å²) in [7, 11) is 0. The highest BCUT2D eigenvalue weighted by molar-refractivity contribution is 6.30. The summed E-state index contributed by atoms with van der Waals surface area (Å²) in [6.45, 7) is 3.86. The molecule has 2 atom stereocenters. The second-order valence-electron chi connectivity index (χ2n) is 5.76. The van der Waals surface area contributed by atoms with Gasteiger partial charge in [-0.05, 0) is 37.5 Å². The smallest absolute Gasteiger partial charge is 0.238 e. The van der Waals surface area contributed by atoms with Crippen LogP contribution in [0.25, 0.3) is 0 Å². The zero-order valence-electron chi connectivity index (χ0n) is 11.6. The molecule has 1 aromatic rings. The van der Waals surface area contributed by atoms with Gasteiger partial charge in [-0.1, -0.05) is 23.7 Å². The maximum absolute atomic E-state index is 12.1. The molecule has 0 aromatic heterocycles. The molecule has 4 nitrogen and oxygen atoms in total. The summed E-state index contributed by atoms with van der Waals surface area (Å²) in [5.41, 5.74) is 0.795. The standard InChI is InChI=1S/C15H19ClN2O2/c1-15(6-3-7-20-15)10-18-13(19)9-17-14(18)11-4-2-5-12(16)8-11/h2,4-5,8,14,17H,3,6-7,9-10H2,1H3. The number of amides is 1. The second-order valence-corrected chi connectivity index (χ2v) is 6.20. The topological polar surface area (TPSA) is 41.6 Å². The van der Waals surface area contributed by atoms with Crippen molar-refractivity contribution in [2.24, 2.45) is 0 Å². The van der Waals surface area contributed by atoms with E-state index in [1.807, 2.05) is 29.2 Å². The lowest BCUT2D eigenvalue weighted by Gasteiger charge is -2.33. The van der Waals surface area contributed by atoms with Crippen LogP contribution in [0.2, 0.25) is 5.02 Å². The molecule has 2 saturated heterocycles. The van der Waals surface area contributed by atoms with E-state index in [1.54, 1.807) is 0 Å². The molecular weight excluding hydrogens is 276 g/mol. The molecule has 2 heterocycles. The molecule has 5 heteroatoms. The number of hydrogen-bond donors (Lipinski definition) is 1. The first kappa shape index (κ1) is 13.9. The summed E-state index contributed by atoms with van der Waals surface area (Å²) in [5, 5.41) is 3.94. The third-order valence-electron chi connectivity index (χ3n) is 4.05. The molecule has 2 fully saturated rings. The highest BCUT2D eigenvalue weighted by Gasteiger charge is 2.39. The first-order chi connectivity index (χ1) is 9.57. The third kappa shape index (κ3) is 2.68. The van der Waals surface area contributed by atoms with Crippen molar-refractivity contribution in [3.8, 4) is 0 Å². The van der Waals surface area contributed by atoms with E-state index in [4.69, 9.17) is 16.3 Å². The number of halogens is 1. The predicted octanol–water partition coefficient (Wildman–Crippen LogP) is 2.34. The van der Waals surface area contributed by atoms with Crippen molar-refractivity contribution in [3.63, 3.8) is 0 Å². The highest BCUT2D eigenvalue weighted by atomic mass is 35.5. The van der Waals surface area contributed by atoms with Crippen LogP contribution in [-0.4, -0.2) is 36.1 Å². The van der Waals surface area contributed by atoms with Crippen molar-refractivity contribution < 1.29 is 9.53 Å². The van der Waals surface area contributed by atoms with Crippen LogP contribution >= 0.6 is 11.6 Å². The van der Waals surface area contributed by atoms with Gasteiger partial charge in [0, 0.05) is 11.6 Å². The van der Waals surface area contributed by atoms with Crippen LogP contribution in [0.15, 0.2) is 24.3 Å². The molecule has 2 aliphatic rings. The number of hydrogen-bond acceptors (Lipinski definition) is 3.